The van der Waals surface area contributed by atoms with Gasteiger partial charge in [0, 0.05) is 6.54 Å². The molecule has 0 fully saturated rings. The maximum Gasteiger partial charge on any atom is 0.315 e. The molecule has 1 aromatic carbocycles. The Kier molecular flexibility index (Phi) is 3.31. The molecule has 2 amide bonds. The molecule has 0 saturated carbocycles. The minimum Gasteiger partial charge on any atom is -0.454 e. The summed E-state index contributed by atoms with van der Waals surface area (Å²) in [6.45, 7) is 0.593. The molecule has 0 atom stereocenters. The van der Waals surface area contributed by atoms with E-state index in [2.05, 4.69) is 10.6 Å². The summed E-state index contributed by atoms with van der Waals surface area (Å²) in [6, 6.07) is 6.91. The van der Waals surface area contributed by atoms with Crippen molar-refractivity contribution in [2.24, 2.45) is 0 Å². The molecule has 0 unspecified atom stereocenters. The van der Waals surface area contributed by atoms with Crippen LogP contribution in [-0.4, -0.2) is 19.4 Å². The van der Waals surface area contributed by atoms with Crippen molar-refractivity contribution >= 4 is 6.03 Å². The number of carbonyl (C=O) groups is 1. The molecule has 2 rings (SSSR count). The molecule has 0 radical (unpaired) electrons. The molecule has 17 heavy (non-hydrogen) atoms. The summed E-state index contributed by atoms with van der Waals surface area (Å²) in [5, 5.41) is 13.3. The van der Waals surface area contributed by atoms with Crippen LogP contribution in [0.25, 0.3) is 0 Å². The van der Waals surface area contributed by atoms with Crippen LogP contribution in [0, 0.1) is 11.3 Å². The average Bonchev–Trinajstić information content (AvgIpc) is 2.81. The molecule has 1 aromatic rings. The van der Waals surface area contributed by atoms with Gasteiger partial charge < -0.3 is 20.1 Å². The van der Waals surface area contributed by atoms with Crippen LogP contribution < -0.4 is 20.1 Å². The Labute approximate surface area is 98.1 Å². The standard InChI is InChI=1S/C11H11N3O3/c12-3-4-13-11(15)14-6-8-1-2-9-10(5-8)17-7-16-9/h1-2,5H,4,6-7H2,(H2,13,14,15). The first kappa shape index (κ1) is 11.1. The Morgan fingerprint density at radius 3 is 3.00 bits per heavy atom. The van der Waals surface area contributed by atoms with Gasteiger partial charge in [0.25, 0.3) is 0 Å². The summed E-state index contributed by atoms with van der Waals surface area (Å²) >= 11 is 0. The van der Waals surface area contributed by atoms with Crippen molar-refractivity contribution in [2.45, 2.75) is 6.54 Å². The number of rotatable bonds is 3. The topological polar surface area (TPSA) is 83.4 Å². The van der Waals surface area contributed by atoms with Gasteiger partial charge in [-0.25, -0.2) is 4.79 Å². The molecule has 1 aliphatic rings. The SMILES string of the molecule is N#CCNC(=O)NCc1ccc2c(c1)OCO2. The largest absolute Gasteiger partial charge is 0.454 e. The Bertz CT molecular complexity index is 468. The first-order valence-corrected chi connectivity index (χ1v) is 5.07. The summed E-state index contributed by atoms with van der Waals surface area (Å²) in [7, 11) is 0. The van der Waals surface area contributed by atoms with E-state index in [-0.39, 0.29) is 19.4 Å². The first-order valence-electron chi connectivity index (χ1n) is 5.07. The highest BCUT2D eigenvalue weighted by Gasteiger charge is 2.13. The zero-order valence-electron chi connectivity index (χ0n) is 9.03. The predicted octanol–water partition coefficient (Wildman–Crippen LogP) is 0.738. The monoisotopic (exact) mass is 233 g/mol. The molecule has 1 aliphatic heterocycles. The molecule has 6 heteroatoms. The van der Waals surface area contributed by atoms with Gasteiger partial charge in [-0.2, -0.15) is 5.26 Å². The van der Waals surface area contributed by atoms with E-state index in [1.165, 1.54) is 0 Å². The van der Waals surface area contributed by atoms with E-state index in [0.29, 0.717) is 18.0 Å². The lowest BCUT2D eigenvalue weighted by Crippen LogP contribution is -2.35. The molecule has 0 bridgehead atoms. The smallest absolute Gasteiger partial charge is 0.315 e. The maximum absolute atomic E-state index is 11.2. The Hall–Kier alpha value is -2.42. The molecule has 1 heterocycles. The Balaban J connectivity index is 1.87. The van der Waals surface area contributed by atoms with Crippen LogP contribution in [-0.2, 0) is 6.54 Å². The van der Waals surface area contributed by atoms with Crippen molar-refractivity contribution in [3.63, 3.8) is 0 Å². The van der Waals surface area contributed by atoms with Gasteiger partial charge in [0.15, 0.2) is 11.5 Å². The third-order valence-corrected chi connectivity index (χ3v) is 2.22. The van der Waals surface area contributed by atoms with Crippen LogP contribution in [0.1, 0.15) is 5.56 Å². The van der Waals surface area contributed by atoms with Crippen molar-refractivity contribution in [1.29, 1.82) is 5.26 Å². The van der Waals surface area contributed by atoms with E-state index in [4.69, 9.17) is 14.7 Å². The van der Waals surface area contributed by atoms with E-state index in [1.54, 1.807) is 6.07 Å². The van der Waals surface area contributed by atoms with Gasteiger partial charge in [0.05, 0.1) is 6.07 Å². The van der Waals surface area contributed by atoms with Crippen LogP contribution in [0.2, 0.25) is 0 Å². The first-order chi connectivity index (χ1) is 8.29. The maximum atomic E-state index is 11.2. The van der Waals surface area contributed by atoms with Crippen LogP contribution in [0.3, 0.4) is 0 Å². The summed E-state index contributed by atoms with van der Waals surface area (Å²) in [5.41, 5.74) is 0.904. The number of fused-ring (bicyclic) bond motifs is 1. The van der Waals surface area contributed by atoms with E-state index in [0.717, 1.165) is 5.56 Å². The van der Waals surface area contributed by atoms with E-state index < -0.39 is 0 Å². The lowest BCUT2D eigenvalue weighted by Gasteiger charge is -2.05. The van der Waals surface area contributed by atoms with E-state index in [1.807, 2.05) is 18.2 Å². The van der Waals surface area contributed by atoms with Gasteiger partial charge in [-0.05, 0) is 17.7 Å². The molecular weight excluding hydrogens is 222 g/mol. The summed E-state index contributed by atoms with van der Waals surface area (Å²) < 4.78 is 10.4. The van der Waals surface area contributed by atoms with Gasteiger partial charge in [-0.3, -0.25) is 0 Å². The molecule has 0 aliphatic carbocycles. The zero-order chi connectivity index (χ0) is 12.1. The Morgan fingerprint density at radius 1 is 1.35 bits per heavy atom. The van der Waals surface area contributed by atoms with Crippen molar-refractivity contribution in [1.82, 2.24) is 10.6 Å². The summed E-state index contributed by atoms with van der Waals surface area (Å²) in [6.07, 6.45) is 0. The molecule has 0 aromatic heterocycles. The van der Waals surface area contributed by atoms with E-state index in [9.17, 15) is 4.79 Å². The number of urea groups is 1. The number of hydrogen-bond donors (Lipinski definition) is 2. The fourth-order valence-electron chi connectivity index (χ4n) is 1.42. The molecular formula is C11H11N3O3. The minimum atomic E-state index is -0.371. The van der Waals surface area contributed by atoms with Crippen LogP contribution in [0.5, 0.6) is 11.5 Å². The highest BCUT2D eigenvalue weighted by atomic mass is 16.7. The van der Waals surface area contributed by atoms with Gasteiger partial charge >= 0.3 is 6.03 Å². The van der Waals surface area contributed by atoms with Gasteiger partial charge in [-0.15, -0.1) is 0 Å². The second kappa shape index (κ2) is 5.07. The van der Waals surface area contributed by atoms with Crippen LogP contribution >= 0.6 is 0 Å². The third-order valence-electron chi connectivity index (χ3n) is 2.22. The second-order valence-corrected chi connectivity index (χ2v) is 3.38. The number of benzene rings is 1. The number of nitrogens with zero attached hydrogens (tertiary/aromatic N) is 1. The number of hydrogen-bond acceptors (Lipinski definition) is 4. The summed E-state index contributed by atoms with van der Waals surface area (Å²) in [5.74, 6) is 1.39. The second-order valence-electron chi connectivity index (χ2n) is 3.38. The summed E-state index contributed by atoms with van der Waals surface area (Å²) in [4.78, 5) is 11.2. The van der Waals surface area contributed by atoms with Crippen LogP contribution in [0.4, 0.5) is 4.79 Å². The molecule has 88 valence electrons. The number of amides is 2. The highest BCUT2D eigenvalue weighted by molar-refractivity contribution is 5.74. The van der Waals surface area contributed by atoms with Crippen molar-refractivity contribution in [3.05, 3.63) is 23.8 Å². The number of ether oxygens (including phenoxy) is 2. The highest BCUT2D eigenvalue weighted by Crippen LogP contribution is 2.32. The van der Waals surface area contributed by atoms with E-state index >= 15 is 0 Å². The number of nitrogens with one attached hydrogen (secondary N) is 2. The molecule has 6 nitrogen and oxygen atoms in total. The fourth-order valence-corrected chi connectivity index (χ4v) is 1.42. The van der Waals surface area contributed by atoms with Crippen molar-refractivity contribution < 1.29 is 14.3 Å². The van der Waals surface area contributed by atoms with Gasteiger partial charge in [0.1, 0.15) is 6.54 Å². The number of nitriles is 1. The fraction of sp³-hybridized carbons (Fsp3) is 0.273. The Morgan fingerprint density at radius 2 is 2.18 bits per heavy atom. The third kappa shape index (κ3) is 2.78. The van der Waals surface area contributed by atoms with Crippen molar-refractivity contribution in [3.8, 4) is 17.6 Å². The minimum absolute atomic E-state index is 0.00697. The molecule has 2 N–H and O–H groups in total. The molecule has 0 spiro atoms. The molecule has 0 saturated heterocycles. The number of carbonyl (C=O) groups excluding carboxylic acids is 1. The lowest BCUT2D eigenvalue weighted by molar-refractivity contribution is 0.174. The van der Waals surface area contributed by atoms with Crippen molar-refractivity contribution in [2.75, 3.05) is 13.3 Å². The van der Waals surface area contributed by atoms with Crippen LogP contribution in [0.15, 0.2) is 18.2 Å². The van der Waals surface area contributed by atoms with Gasteiger partial charge in [0.2, 0.25) is 6.79 Å². The van der Waals surface area contributed by atoms with Gasteiger partial charge in [-0.1, -0.05) is 6.07 Å². The average molecular weight is 233 g/mol. The quantitative estimate of drug-likeness (QED) is 0.754. The predicted molar refractivity (Wildman–Crippen MR) is 58.4 cm³/mol. The zero-order valence-corrected chi connectivity index (χ0v) is 9.03. The normalized spacial score (nSPS) is 11.7. The lowest BCUT2D eigenvalue weighted by atomic mass is 10.2.